The molecule has 5 rings (SSSR count). The van der Waals surface area contributed by atoms with Crippen LogP contribution in [-0.4, -0.2) is 69.0 Å². The molecule has 1 aliphatic carbocycles. The molecule has 0 unspecified atom stereocenters. The smallest absolute Gasteiger partial charge is 0.410 e. The number of benzene rings is 1. The highest BCUT2D eigenvalue weighted by Gasteiger charge is 2.58. The largest absolute Gasteiger partial charge is 0.444 e. The van der Waals surface area contributed by atoms with E-state index in [4.69, 9.17) is 26.4 Å². The van der Waals surface area contributed by atoms with Gasteiger partial charge in [-0.3, -0.25) is 0 Å². The molecule has 2 aromatic rings. The highest BCUT2D eigenvalue weighted by Crippen LogP contribution is 2.53. The Kier molecular flexibility index (Phi) is 6.98. The predicted octanol–water partition coefficient (Wildman–Crippen LogP) is 5.06. The Morgan fingerprint density at radius 3 is 2.65 bits per heavy atom. The quantitative estimate of drug-likeness (QED) is 0.521. The van der Waals surface area contributed by atoms with Crippen molar-refractivity contribution < 1.29 is 9.53 Å². The average Bonchev–Trinajstić information content (AvgIpc) is 3.38. The Hall–Kier alpha value is -2.12. The maximum Gasteiger partial charge on any atom is 0.410 e. The van der Waals surface area contributed by atoms with Gasteiger partial charge >= 0.3 is 6.09 Å². The van der Waals surface area contributed by atoms with E-state index in [9.17, 15) is 4.79 Å². The SMILES string of the molecule is Cc1ccc(-n2nc(CCCN(C)C)nc2CCC23CC(CN2C(=O)OC(C)(C)C)C3)cc1Cl. The van der Waals surface area contributed by atoms with Gasteiger partial charge in [0.2, 0.25) is 0 Å². The number of hydrogen-bond donors (Lipinski definition) is 0. The second kappa shape index (κ2) is 9.50. The Bertz CT molecular complexity index is 1040. The molecule has 2 bridgehead atoms. The van der Waals surface area contributed by atoms with E-state index in [-0.39, 0.29) is 11.6 Å². The number of carbonyl (C=O) groups is 1. The normalized spacial score (nSPS) is 21.8. The van der Waals surface area contributed by atoms with Crippen LogP contribution in [0.5, 0.6) is 0 Å². The standard InChI is InChI=1S/C26H38ClN5O2/c1-18-9-10-20(14-21(18)27)32-23(28-22(29-32)8-7-13-30(5)6)11-12-26-15-19(16-26)17-31(26)24(33)34-25(2,3)4/h9-10,14,19H,7-8,11-13,15-17H2,1-6H3. The van der Waals surface area contributed by atoms with E-state index in [2.05, 4.69) is 19.0 Å². The summed E-state index contributed by atoms with van der Waals surface area (Å²) in [7, 11) is 4.16. The lowest BCUT2D eigenvalue weighted by molar-refractivity contribution is 0.00496. The van der Waals surface area contributed by atoms with E-state index in [0.717, 1.165) is 79.5 Å². The van der Waals surface area contributed by atoms with Gasteiger partial charge in [0.15, 0.2) is 5.82 Å². The number of halogens is 1. The van der Waals surface area contributed by atoms with E-state index in [0.29, 0.717) is 5.92 Å². The summed E-state index contributed by atoms with van der Waals surface area (Å²) in [6, 6.07) is 6.02. The van der Waals surface area contributed by atoms with Crippen LogP contribution in [0.2, 0.25) is 5.02 Å². The van der Waals surface area contributed by atoms with Gasteiger partial charge in [0.1, 0.15) is 11.4 Å². The van der Waals surface area contributed by atoms with Crippen molar-refractivity contribution in [3.8, 4) is 5.69 Å². The van der Waals surface area contributed by atoms with Gasteiger partial charge in [-0.2, -0.15) is 5.10 Å². The molecule has 186 valence electrons. The molecule has 2 aliphatic heterocycles. The summed E-state index contributed by atoms with van der Waals surface area (Å²) in [6.45, 7) is 9.56. The summed E-state index contributed by atoms with van der Waals surface area (Å²) >= 11 is 6.43. The average molecular weight is 488 g/mol. The maximum absolute atomic E-state index is 12.9. The minimum Gasteiger partial charge on any atom is -0.444 e. The highest BCUT2D eigenvalue weighted by atomic mass is 35.5. The first-order chi connectivity index (χ1) is 16.0. The predicted molar refractivity (Wildman–Crippen MR) is 135 cm³/mol. The van der Waals surface area contributed by atoms with Crippen LogP contribution in [0.4, 0.5) is 4.79 Å². The molecule has 3 aliphatic rings. The molecular formula is C26H38ClN5O2. The van der Waals surface area contributed by atoms with Crippen LogP contribution in [0, 0.1) is 12.8 Å². The van der Waals surface area contributed by atoms with Crippen LogP contribution < -0.4 is 0 Å². The van der Waals surface area contributed by atoms with Gasteiger partial charge in [-0.1, -0.05) is 17.7 Å². The topological polar surface area (TPSA) is 63.5 Å². The molecule has 1 aromatic heterocycles. The molecule has 0 radical (unpaired) electrons. The van der Waals surface area contributed by atoms with Crippen LogP contribution in [0.25, 0.3) is 5.69 Å². The highest BCUT2D eigenvalue weighted by molar-refractivity contribution is 6.31. The van der Waals surface area contributed by atoms with E-state index < -0.39 is 5.60 Å². The minimum absolute atomic E-state index is 0.125. The number of rotatable bonds is 8. The van der Waals surface area contributed by atoms with Crippen LogP contribution >= 0.6 is 11.6 Å². The molecule has 1 saturated carbocycles. The molecule has 2 saturated heterocycles. The number of carbonyl (C=O) groups excluding carboxylic acids is 1. The number of amides is 1. The van der Waals surface area contributed by atoms with Crippen molar-refractivity contribution in [1.82, 2.24) is 24.6 Å². The monoisotopic (exact) mass is 487 g/mol. The minimum atomic E-state index is -0.488. The van der Waals surface area contributed by atoms with Gasteiger partial charge in [-0.05, 0) is 97.6 Å². The zero-order valence-corrected chi connectivity index (χ0v) is 22.2. The van der Waals surface area contributed by atoms with Crippen molar-refractivity contribution in [3.05, 3.63) is 40.4 Å². The van der Waals surface area contributed by atoms with Gasteiger partial charge in [-0.15, -0.1) is 0 Å². The number of fused-ring (bicyclic) bond motifs is 1. The molecule has 8 heteroatoms. The Morgan fingerprint density at radius 1 is 1.26 bits per heavy atom. The van der Waals surface area contributed by atoms with E-state index in [1.807, 2.05) is 55.5 Å². The maximum atomic E-state index is 12.9. The summed E-state index contributed by atoms with van der Waals surface area (Å²) in [5.74, 6) is 2.37. The Morgan fingerprint density at radius 2 is 2.00 bits per heavy atom. The van der Waals surface area contributed by atoms with Crippen molar-refractivity contribution in [2.24, 2.45) is 5.92 Å². The zero-order valence-electron chi connectivity index (χ0n) is 21.4. The fraction of sp³-hybridized carbons (Fsp3) is 0.654. The van der Waals surface area contributed by atoms with Gasteiger partial charge in [0, 0.05) is 29.9 Å². The van der Waals surface area contributed by atoms with Crippen molar-refractivity contribution in [2.45, 2.75) is 77.4 Å². The Balaban J connectivity index is 1.53. The van der Waals surface area contributed by atoms with Gasteiger partial charge < -0.3 is 14.5 Å². The number of nitrogens with zero attached hydrogens (tertiary/aromatic N) is 5. The second-order valence-corrected chi connectivity index (χ2v) is 11.7. The summed E-state index contributed by atoms with van der Waals surface area (Å²) in [5.41, 5.74) is 1.35. The second-order valence-electron chi connectivity index (χ2n) is 11.3. The van der Waals surface area contributed by atoms with Gasteiger partial charge in [0.25, 0.3) is 0 Å². The number of aryl methyl sites for hydroxylation is 3. The number of ether oxygens (including phenoxy) is 1. The van der Waals surface area contributed by atoms with Gasteiger partial charge in [0.05, 0.1) is 5.69 Å². The fourth-order valence-electron chi connectivity index (χ4n) is 5.22. The summed E-state index contributed by atoms with van der Waals surface area (Å²) in [6.07, 6.45) is 5.34. The van der Waals surface area contributed by atoms with E-state index in [1.54, 1.807) is 0 Å². The fourth-order valence-corrected chi connectivity index (χ4v) is 5.39. The molecule has 1 amide bonds. The first-order valence-corrected chi connectivity index (χ1v) is 12.7. The molecule has 3 heterocycles. The third-order valence-electron chi connectivity index (χ3n) is 6.90. The van der Waals surface area contributed by atoms with Crippen LogP contribution in [0.3, 0.4) is 0 Å². The van der Waals surface area contributed by atoms with Crippen molar-refractivity contribution >= 4 is 17.7 Å². The lowest BCUT2D eigenvalue weighted by Crippen LogP contribution is -2.50. The summed E-state index contributed by atoms with van der Waals surface area (Å²) < 4.78 is 7.66. The Labute approximate surface area is 208 Å². The zero-order chi connectivity index (χ0) is 24.7. The molecule has 0 N–H and O–H groups in total. The van der Waals surface area contributed by atoms with E-state index in [1.165, 1.54) is 0 Å². The molecular weight excluding hydrogens is 450 g/mol. The van der Waals surface area contributed by atoms with Crippen molar-refractivity contribution in [3.63, 3.8) is 0 Å². The van der Waals surface area contributed by atoms with Crippen molar-refractivity contribution in [2.75, 3.05) is 27.2 Å². The summed E-state index contributed by atoms with van der Waals surface area (Å²) in [4.78, 5) is 22.0. The third-order valence-corrected chi connectivity index (χ3v) is 7.31. The first-order valence-electron chi connectivity index (χ1n) is 12.3. The third kappa shape index (κ3) is 5.41. The number of hydrogen-bond acceptors (Lipinski definition) is 5. The van der Waals surface area contributed by atoms with Crippen LogP contribution in [0.15, 0.2) is 18.2 Å². The van der Waals surface area contributed by atoms with Crippen LogP contribution in [-0.2, 0) is 17.6 Å². The van der Waals surface area contributed by atoms with E-state index >= 15 is 0 Å². The lowest BCUT2D eigenvalue weighted by Gasteiger charge is -2.42. The molecule has 7 nitrogen and oxygen atoms in total. The number of aromatic nitrogens is 3. The molecule has 0 spiro atoms. The lowest BCUT2D eigenvalue weighted by atomic mass is 9.71. The first kappa shape index (κ1) is 25.0. The molecule has 3 fully saturated rings. The molecule has 34 heavy (non-hydrogen) atoms. The summed E-state index contributed by atoms with van der Waals surface area (Å²) in [5, 5.41) is 5.58. The molecule has 1 aromatic carbocycles. The van der Waals surface area contributed by atoms with Gasteiger partial charge in [-0.25, -0.2) is 14.5 Å². The van der Waals surface area contributed by atoms with Crippen molar-refractivity contribution in [1.29, 1.82) is 0 Å². The van der Waals surface area contributed by atoms with Crippen LogP contribution in [0.1, 0.15) is 63.7 Å². The molecule has 0 atom stereocenters.